The number of aryl methyl sites for hydroxylation is 2. The summed E-state index contributed by atoms with van der Waals surface area (Å²) in [5, 5.41) is 4.16. The second kappa shape index (κ2) is 3.85. The molecule has 0 aliphatic heterocycles. The maximum atomic E-state index is 13.3. The van der Waals surface area contributed by atoms with Crippen LogP contribution in [-0.4, -0.2) is 9.78 Å². The number of benzene rings is 1. The van der Waals surface area contributed by atoms with E-state index in [2.05, 4.69) is 5.10 Å². The summed E-state index contributed by atoms with van der Waals surface area (Å²) in [6.07, 6.45) is 3.68. The minimum Gasteiger partial charge on any atom is -0.272 e. The van der Waals surface area contributed by atoms with Gasteiger partial charge in [-0.25, -0.2) is 4.39 Å². The molecule has 1 aromatic heterocycles. The Morgan fingerprint density at radius 3 is 2.73 bits per heavy atom. The van der Waals surface area contributed by atoms with Crippen molar-refractivity contribution in [3.05, 3.63) is 42.0 Å². The Bertz CT molecular complexity index is 474. The van der Waals surface area contributed by atoms with Crippen molar-refractivity contribution in [2.75, 3.05) is 0 Å². The van der Waals surface area contributed by atoms with E-state index in [1.165, 1.54) is 0 Å². The Labute approximate surface area is 88.4 Å². The third-order valence-electron chi connectivity index (χ3n) is 2.46. The van der Waals surface area contributed by atoms with Gasteiger partial charge in [0, 0.05) is 18.3 Å². The molecule has 0 saturated heterocycles. The van der Waals surface area contributed by atoms with Crippen molar-refractivity contribution >= 4 is 0 Å². The van der Waals surface area contributed by atoms with Gasteiger partial charge in [0.05, 0.1) is 6.20 Å². The summed E-state index contributed by atoms with van der Waals surface area (Å²) in [5.41, 5.74) is 2.50. The molecule has 0 aliphatic rings. The van der Waals surface area contributed by atoms with Gasteiger partial charge < -0.3 is 0 Å². The summed E-state index contributed by atoms with van der Waals surface area (Å²) in [6.45, 7) is 4.61. The first-order valence-electron chi connectivity index (χ1n) is 4.99. The lowest BCUT2D eigenvalue weighted by Gasteiger charge is -1.99. The van der Waals surface area contributed by atoms with Gasteiger partial charge in [0.15, 0.2) is 0 Å². The molecule has 1 heterocycles. The molecular weight excluding hydrogens is 191 g/mol. The van der Waals surface area contributed by atoms with Crippen LogP contribution in [0, 0.1) is 12.7 Å². The second-order valence-corrected chi connectivity index (χ2v) is 3.55. The summed E-state index contributed by atoms with van der Waals surface area (Å²) < 4.78 is 15.2. The highest BCUT2D eigenvalue weighted by Gasteiger charge is 2.03. The van der Waals surface area contributed by atoms with Gasteiger partial charge in [-0.15, -0.1) is 0 Å². The van der Waals surface area contributed by atoms with E-state index in [0.29, 0.717) is 5.56 Å². The van der Waals surface area contributed by atoms with E-state index in [1.54, 1.807) is 25.3 Å². The van der Waals surface area contributed by atoms with Crippen LogP contribution in [0.25, 0.3) is 11.1 Å². The number of hydrogen-bond acceptors (Lipinski definition) is 1. The van der Waals surface area contributed by atoms with E-state index in [4.69, 9.17) is 0 Å². The van der Waals surface area contributed by atoms with Crippen molar-refractivity contribution in [2.45, 2.75) is 20.4 Å². The van der Waals surface area contributed by atoms with Crippen molar-refractivity contribution < 1.29 is 4.39 Å². The second-order valence-electron chi connectivity index (χ2n) is 3.55. The van der Waals surface area contributed by atoms with Crippen LogP contribution in [0.5, 0.6) is 0 Å². The van der Waals surface area contributed by atoms with Gasteiger partial charge in [0.25, 0.3) is 0 Å². The summed E-state index contributed by atoms with van der Waals surface area (Å²) in [4.78, 5) is 0. The molecule has 3 heteroatoms. The lowest BCUT2D eigenvalue weighted by molar-refractivity contribution is 0.619. The number of rotatable bonds is 2. The van der Waals surface area contributed by atoms with E-state index in [0.717, 1.165) is 17.7 Å². The number of hydrogen-bond donors (Lipinski definition) is 0. The van der Waals surface area contributed by atoms with Crippen molar-refractivity contribution in [1.82, 2.24) is 9.78 Å². The smallest absolute Gasteiger partial charge is 0.126 e. The summed E-state index contributed by atoms with van der Waals surface area (Å²) in [5.74, 6) is -0.170. The zero-order valence-electron chi connectivity index (χ0n) is 8.87. The molecule has 0 atom stereocenters. The maximum absolute atomic E-state index is 13.3. The van der Waals surface area contributed by atoms with Crippen LogP contribution in [-0.2, 0) is 6.54 Å². The summed E-state index contributed by atoms with van der Waals surface area (Å²) >= 11 is 0. The SMILES string of the molecule is CCn1cc(-c2ccc(C)c(F)c2)cn1. The average molecular weight is 204 g/mol. The zero-order valence-corrected chi connectivity index (χ0v) is 8.87. The largest absolute Gasteiger partial charge is 0.272 e. The predicted molar refractivity (Wildman–Crippen MR) is 58.0 cm³/mol. The number of halogens is 1. The monoisotopic (exact) mass is 204 g/mol. The van der Waals surface area contributed by atoms with Crippen LogP contribution in [0.2, 0.25) is 0 Å². The highest BCUT2D eigenvalue weighted by molar-refractivity contribution is 5.62. The van der Waals surface area contributed by atoms with E-state index in [1.807, 2.05) is 23.9 Å². The van der Waals surface area contributed by atoms with Crippen LogP contribution in [0.15, 0.2) is 30.6 Å². The van der Waals surface area contributed by atoms with E-state index < -0.39 is 0 Å². The zero-order chi connectivity index (χ0) is 10.8. The highest BCUT2D eigenvalue weighted by Crippen LogP contribution is 2.20. The fourth-order valence-electron chi connectivity index (χ4n) is 1.46. The van der Waals surface area contributed by atoms with Gasteiger partial charge in [0.1, 0.15) is 5.82 Å². The Morgan fingerprint density at radius 2 is 2.13 bits per heavy atom. The Balaban J connectivity index is 2.40. The van der Waals surface area contributed by atoms with Gasteiger partial charge in [-0.3, -0.25) is 4.68 Å². The maximum Gasteiger partial charge on any atom is 0.126 e. The molecule has 78 valence electrons. The molecule has 2 aromatic rings. The molecule has 0 aliphatic carbocycles. The molecule has 1 aromatic carbocycles. The highest BCUT2D eigenvalue weighted by atomic mass is 19.1. The third kappa shape index (κ3) is 1.91. The quantitative estimate of drug-likeness (QED) is 0.735. The first-order chi connectivity index (χ1) is 7.20. The topological polar surface area (TPSA) is 17.8 Å². The molecular formula is C12H13FN2. The molecule has 0 spiro atoms. The normalized spacial score (nSPS) is 10.6. The predicted octanol–water partition coefficient (Wildman–Crippen LogP) is 3.02. The molecule has 0 saturated carbocycles. The standard InChI is InChI=1S/C12H13FN2/c1-3-15-8-11(7-14-15)10-5-4-9(2)12(13)6-10/h4-8H,3H2,1-2H3. The number of nitrogens with zero attached hydrogens (tertiary/aromatic N) is 2. The van der Waals surface area contributed by atoms with Crippen LogP contribution in [0.1, 0.15) is 12.5 Å². The minimum atomic E-state index is -0.170. The summed E-state index contributed by atoms with van der Waals surface area (Å²) in [6, 6.07) is 5.25. The van der Waals surface area contributed by atoms with Gasteiger partial charge in [-0.05, 0) is 31.0 Å². The minimum absolute atomic E-state index is 0.170. The Morgan fingerprint density at radius 1 is 1.33 bits per heavy atom. The van der Waals surface area contributed by atoms with Crippen molar-refractivity contribution in [1.29, 1.82) is 0 Å². The van der Waals surface area contributed by atoms with Gasteiger partial charge in [0.2, 0.25) is 0 Å². The Hall–Kier alpha value is -1.64. The summed E-state index contributed by atoms with van der Waals surface area (Å²) in [7, 11) is 0. The van der Waals surface area contributed by atoms with Crippen LogP contribution >= 0.6 is 0 Å². The fourth-order valence-corrected chi connectivity index (χ4v) is 1.46. The molecule has 0 radical (unpaired) electrons. The van der Waals surface area contributed by atoms with Crippen LogP contribution in [0.3, 0.4) is 0 Å². The van der Waals surface area contributed by atoms with Gasteiger partial charge >= 0.3 is 0 Å². The Kier molecular flexibility index (Phi) is 2.54. The van der Waals surface area contributed by atoms with E-state index in [9.17, 15) is 4.39 Å². The molecule has 0 N–H and O–H groups in total. The van der Waals surface area contributed by atoms with Crippen molar-refractivity contribution in [2.24, 2.45) is 0 Å². The van der Waals surface area contributed by atoms with E-state index in [-0.39, 0.29) is 5.82 Å². The first-order valence-corrected chi connectivity index (χ1v) is 4.99. The van der Waals surface area contributed by atoms with Crippen molar-refractivity contribution in [3.8, 4) is 11.1 Å². The van der Waals surface area contributed by atoms with Crippen molar-refractivity contribution in [3.63, 3.8) is 0 Å². The first kappa shape index (κ1) is 9.90. The molecule has 0 bridgehead atoms. The van der Waals surface area contributed by atoms with Gasteiger partial charge in [-0.2, -0.15) is 5.10 Å². The fraction of sp³-hybridized carbons (Fsp3) is 0.250. The van der Waals surface area contributed by atoms with Crippen LogP contribution < -0.4 is 0 Å². The van der Waals surface area contributed by atoms with Gasteiger partial charge in [-0.1, -0.05) is 12.1 Å². The average Bonchev–Trinajstić information content (AvgIpc) is 2.70. The van der Waals surface area contributed by atoms with E-state index >= 15 is 0 Å². The molecule has 2 nitrogen and oxygen atoms in total. The molecule has 0 unspecified atom stereocenters. The third-order valence-corrected chi connectivity index (χ3v) is 2.46. The molecule has 2 rings (SSSR count). The van der Waals surface area contributed by atoms with Crippen LogP contribution in [0.4, 0.5) is 4.39 Å². The lowest BCUT2D eigenvalue weighted by Crippen LogP contribution is -1.92. The lowest BCUT2D eigenvalue weighted by atomic mass is 10.1. The molecule has 0 amide bonds. The number of aromatic nitrogens is 2. The molecule has 0 fully saturated rings. The molecule has 15 heavy (non-hydrogen) atoms.